The van der Waals surface area contributed by atoms with Crippen LogP contribution < -0.4 is 0 Å². The zero-order chi connectivity index (χ0) is 16.3. The number of likely N-dealkylation sites (tertiary alicyclic amines) is 1. The molecule has 122 valence electrons. The number of nitrogens with zero attached hydrogens (tertiary/aromatic N) is 1. The van der Waals surface area contributed by atoms with Crippen molar-refractivity contribution in [1.29, 1.82) is 0 Å². The van der Waals surface area contributed by atoms with Crippen LogP contribution in [0.25, 0.3) is 0 Å². The molecule has 0 amide bonds. The van der Waals surface area contributed by atoms with E-state index in [1.807, 2.05) is 12.1 Å². The summed E-state index contributed by atoms with van der Waals surface area (Å²) in [6.07, 6.45) is 2.53. The van der Waals surface area contributed by atoms with Crippen LogP contribution in [-0.4, -0.2) is 29.4 Å². The molecule has 3 rings (SSSR count). The first-order chi connectivity index (χ1) is 11.1. The highest BCUT2D eigenvalue weighted by Gasteiger charge is 2.36. The maximum atomic E-state index is 11.1. The highest BCUT2D eigenvalue weighted by atomic mass is 35.5. The lowest BCUT2D eigenvalue weighted by molar-refractivity contribution is -0.107. The molecular weight excluding hydrogens is 330 g/mol. The number of piperidine rings is 1. The molecule has 0 bridgehead atoms. The lowest BCUT2D eigenvalue weighted by Crippen LogP contribution is -2.42. The van der Waals surface area contributed by atoms with Gasteiger partial charge in [0.15, 0.2) is 0 Å². The predicted molar refractivity (Wildman–Crippen MR) is 93.9 cm³/mol. The van der Waals surface area contributed by atoms with Crippen LogP contribution in [0.4, 0.5) is 0 Å². The molecule has 0 unspecified atom stereocenters. The topological polar surface area (TPSA) is 40.5 Å². The van der Waals surface area contributed by atoms with E-state index >= 15 is 0 Å². The molecule has 1 aromatic heterocycles. The molecule has 0 spiro atoms. The normalized spacial score (nSPS) is 18.0. The summed E-state index contributed by atoms with van der Waals surface area (Å²) in [5, 5.41) is 11.1. The standard InChI is InChI=1S/C18H20ClNO2S/c19-17-12-15(16(23-17)6-11-21)18(22)7-9-20(10-8-18)13-14-4-2-1-3-5-14/h1-5,11-12,22H,6-10,13H2. The summed E-state index contributed by atoms with van der Waals surface area (Å²) in [7, 11) is 0. The SMILES string of the molecule is O=CCc1sc(Cl)cc1C1(O)CCN(Cc2ccccc2)CC1. The minimum absolute atomic E-state index is 0.322. The number of aldehydes is 1. The lowest BCUT2D eigenvalue weighted by atomic mass is 9.84. The van der Waals surface area contributed by atoms with Crippen LogP contribution in [0.2, 0.25) is 4.34 Å². The Balaban J connectivity index is 1.68. The number of hydrogen-bond acceptors (Lipinski definition) is 4. The second-order valence-electron chi connectivity index (χ2n) is 6.05. The van der Waals surface area contributed by atoms with Crippen molar-refractivity contribution in [2.75, 3.05) is 13.1 Å². The van der Waals surface area contributed by atoms with Crippen molar-refractivity contribution in [3.8, 4) is 0 Å². The molecule has 3 nitrogen and oxygen atoms in total. The van der Waals surface area contributed by atoms with Crippen molar-refractivity contribution in [3.63, 3.8) is 0 Å². The van der Waals surface area contributed by atoms with E-state index in [0.29, 0.717) is 23.6 Å². The van der Waals surface area contributed by atoms with Gasteiger partial charge >= 0.3 is 0 Å². The molecule has 0 saturated carbocycles. The first-order valence-corrected chi connectivity index (χ1v) is 9.01. The van der Waals surface area contributed by atoms with E-state index in [4.69, 9.17) is 11.6 Å². The van der Waals surface area contributed by atoms with Gasteiger partial charge in [-0.15, -0.1) is 11.3 Å². The minimum Gasteiger partial charge on any atom is -0.385 e. The van der Waals surface area contributed by atoms with Crippen LogP contribution in [0.5, 0.6) is 0 Å². The molecule has 1 fully saturated rings. The maximum Gasteiger partial charge on any atom is 0.125 e. The molecule has 5 heteroatoms. The second-order valence-corrected chi connectivity index (χ2v) is 7.82. The smallest absolute Gasteiger partial charge is 0.125 e. The van der Waals surface area contributed by atoms with Crippen LogP contribution in [0.1, 0.15) is 28.8 Å². The van der Waals surface area contributed by atoms with Gasteiger partial charge in [-0.1, -0.05) is 41.9 Å². The molecule has 1 aliphatic rings. The number of carbonyl (C=O) groups excluding carboxylic acids is 1. The van der Waals surface area contributed by atoms with Gasteiger partial charge in [-0.3, -0.25) is 4.90 Å². The molecule has 0 aliphatic carbocycles. The largest absolute Gasteiger partial charge is 0.385 e. The van der Waals surface area contributed by atoms with Crippen molar-refractivity contribution in [1.82, 2.24) is 4.90 Å². The number of benzene rings is 1. The molecule has 2 aromatic rings. The van der Waals surface area contributed by atoms with Crippen LogP contribution in [-0.2, 0) is 23.4 Å². The van der Waals surface area contributed by atoms with Gasteiger partial charge in [-0.25, -0.2) is 0 Å². The molecule has 1 saturated heterocycles. The average molecular weight is 350 g/mol. The Labute approximate surface area is 145 Å². The van der Waals surface area contributed by atoms with Gasteiger partial charge < -0.3 is 9.90 Å². The second kappa shape index (κ2) is 7.14. The van der Waals surface area contributed by atoms with E-state index < -0.39 is 5.60 Å². The van der Waals surface area contributed by atoms with E-state index in [-0.39, 0.29) is 0 Å². The Bertz CT molecular complexity index is 663. The van der Waals surface area contributed by atoms with Gasteiger partial charge in [0.2, 0.25) is 0 Å². The summed E-state index contributed by atoms with van der Waals surface area (Å²) in [6.45, 7) is 2.57. The Kier molecular flexibility index (Phi) is 5.17. The summed E-state index contributed by atoms with van der Waals surface area (Å²) < 4.78 is 0.636. The number of rotatable bonds is 5. The molecule has 2 heterocycles. The quantitative estimate of drug-likeness (QED) is 0.838. The molecule has 1 N–H and O–H groups in total. The van der Waals surface area contributed by atoms with Gasteiger partial charge in [0.05, 0.1) is 9.94 Å². The van der Waals surface area contributed by atoms with Gasteiger partial charge in [0, 0.05) is 30.9 Å². The third-order valence-corrected chi connectivity index (χ3v) is 5.77. The molecule has 1 aromatic carbocycles. The van der Waals surface area contributed by atoms with Crippen molar-refractivity contribution >= 4 is 29.2 Å². The van der Waals surface area contributed by atoms with Crippen LogP contribution >= 0.6 is 22.9 Å². The van der Waals surface area contributed by atoms with E-state index in [1.54, 1.807) is 0 Å². The van der Waals surface area contributed by atoms with Crippen LogP contribution in [0.15, 0.2) is 36.4 Å². The van der Waals surface area contributed by atoms with E-state index in [1.165, 1.54) is 16.9 Å². The Hall–Kier alpha value is -1.20. The van der Waals surface area contributed by atoms with Crippen LogP contribution in [0, 0.1) is 0 Å². The number of thiophene rings is 1. The molecule has 0 radical (unpaired) electrons. The van der Waals surface area contributed by atoms with E-state index in [9.17, 15) is 9.90 Å². The van der Waals surface area contributed by atoms with Crippen LogP contribution in [0.3, 0.4) is 0 Å². The Morgan fingerprint density at radius 3 is 2.61 bits per heavy atom. The fourth-order valence-electron chi connectivity index (χ4n) is 3.21. The molecule has 0 atom stereocenters. The summed E-state index contributed by atoms with van der Waals surface area (Å²) in [5.41, 5.74) is 1.27. The first-order valence-electron chi connectivity index (χ1n) is 7.82. The highest BCUT2D eigenvalue weighted by molar-refractivity contribution is 7.16. The maximum absolute atomic E-state index is 11.1. The monoisotopic (exact) mass is 349 g/mol. The van der Waals surface area contributed by atoms with Gasteiger partial charge in [-0.2, -0.15) is 0 Å². The summed E-state index contributed by atoms with van der Waals surface area (Å²) >= 11 is 7.49. The first kappa shape index (κ1) is 16.7. The third-order valence-electron chi connectivity index (χ3n) is 4.48. The fourth-order valence-corrected chi connectivity index (χ4v) is 4.52. The Morgan fingerprint density at radius 2 is 1.96 bits per heavy atom. The lowest BCUT2D eigenvalue weighted by Gasteiger charge is -2.38. The van der Waals surface area contributed by atoms with E-state index in [0.717, 1.165) is 36.4 Å². The minimum atomic E-state index is -0.866. The Morgan fingerprint density at radius 1 is 1.26 bits per heavy atom. The summed E-state index contributed by atoms with van der Waals surface area (Å²) in [4.78, 5) is 14.1. The number of carbonyl (C=O) groups is 1. The number of aliphatic hydroxyl groups is 1. The average Bonchev–Trinajstić information content (AvgIpc) is 2.93. The number of halogens is 1. The van der Waals surface area contributed by atoms with Gasteiger partial charge in [-0.05, 0) is 30.0 Å². The van der Waals surface area contributed by atoms with Crippen molar-refractivity contribution in [3.05, 3.63) is 56.7 Å². The highest BCUT2D eigenvalue weighted by Crippen LogP contribution is 2.40. The summed E-state index contributed by atoms with van der Waals surface area (Å²) in [6, 6.07) is 12.2. The van der Waals surface area contributed by atoms with Crippen molar-refractivity contribution in [2.45, 2.75) is 31.4 Å². The molecule has 1 aliphatic heterocycles. The van der Waals surface area contributed by atoms with Gasteiger partial charge in [0.1, 0.15) is 6.29 Å². The van der Waals surface area contributed by atoms with Gasteiger partial charge in [0.25, 0.3) is 0 Å². The van der Waals surface area contributed by atoms with Crippen molar-refractivity contribution in [2.24, 2.45) is 0 Å². The summed E-state index contributed by atoms with van der Waals surface area (Å²) in [5.74, 6) is 0. The molecular formula is C18H20ClNO2S. The molecule has 23 heavy (non-hydrogen) atoms. The zero-order valence-electron chi connectivity index (χ0n) is 12.9. The van der Waals surface area contributed by atoms with Crippen molar-refractivity contribution < 1.29 is 9.90 Å². The number of hydrogen-bond donors (Lipinski definition) is 1. The fraction of sp³-hybridized carbons (Fsp3) is 0.389. The third kappa shape index (κ3) is 3.83. The predicted octanol–water partition coefficient (Wildman–Crippen LogP) is 3.63. The zero-order valence-corrected chi connectivity index (χ0v) is 14.4. The van der Waals surface area contributed by atoms with E-state index in [2.05, 4.69) is 29.2 Å².